The minimum Gasteiger partial charge on any atom is -0.454 e. The van der Waals surface area contributed by atoms with Crippen LogP contribution in [0.15, 0.2) is 99.4 Å². The number of rotatable bonds is 6. The van der Waals surface area contributed by atoms with Crippen molar-refractivity contribution in [2.45, 2.75) is 16.3 Å². The van der Waals surface area contributed by atoms with E-state index in [1.807, 2.05) is 66.9 Å². The Bertz CT molecular complexity index is 1030. The Morgan fingerprint density at radius 2 is 1.81 bits per heavy atom. The van der Waals surface area contributed by atoms with E-state index in [0.29, 0.717) is 12.3 Å². The van der Waals surface area contributed by atoms with Crippen molar-refractivity contribution in [1.29, 1.82) is 0 Å². The summed E-state index contributed by atoms with van der Waals surface area (Å²) in [6.07, 6.45) is 3.55. The molecule has 2 aromatic heterocycles. The van der Waals surface area contributed by atoms with E-state index in [1.165, 1.54) is 0 Å². The number of benzene rings is 2. The van der Waals surface area contributed by atoms with Crippen LogP contribution in [0, 0.1) is 0 Å². The van der Waals surface area contributed by atoms with Crippen LogP contribution in [-0.2, 0) is 6.54 Å². The maximum Gasteiger partial charge on any atom is 0.291 e. The number of hydrogen-bond donors (Lipinski definition) is 1. The lowest BCUT2D eigenvalue weighted by atomic mass is 10.3. The van der Waals surface area contributed by atoms with Gasteiger partial charge in [-0.3, -0.25) is 9.48 Å². The van der Waals surface area contributed by atoms with Crippen molar-refractivity contribution in [2.24, 2.45) is 0 Å². The van der Waals surface area contributed by atoms with Crippen molar-refractivity contribution in [2.75, 3.05) is 5.32 Å². The van der Waals surface area contributed by atoms with Crippen molar-refractivity contribution in [3.63, 3.8) is 0 Å². The maximum absolute atomic E-state index is 12.6. The van der Waals surface area contributed by atoms with E-state index in [1.54, 1.807) is 34.8 Å². The van der Waals surface area contributed by atoms with Gasteiger partial charge in [-0.15, -0.1) is 0 Å². The topological polar surface area (TPSA) is 60.1 Å². The molecule has 0 aliphatic carbocycles. The lowest BCUT2D eigenvalue weighted by Crippen LogP contribution is -2.11. The van der Waals surface area contributed by atoms with Crippen LogP contribution < -0.4 is 5.32 Å². The van der Waals surface area contributed by atoms with Gasteiger partial charge < -0.3 is 9.73 Å². The lowest BCUT2D eigenvalue weighted by molar-refractivity contribution is 0.0994. The van der Waals surface area contributed by atoms with Crippen molar-refractivity contribution < 1.29 is 9.21 Å². The smallest absolute Gasteiger partial charge is 0.291 e. The van der Waals surface area contributed by atoms with E-state index >= 15 is 0 Å². The largest absolute Gasteiger partial charge is 0.454 e. The molecule has 2 heterocycles. The standard InChI is InChI=1S/C21H17N3O2S/c25-21(19-12-11-16(26-19)15-24-14-6-13-22-24)23-18-9-4-5-10-20(18)27-17-7-2-1-3-8-17/h1-14H,15H2,(H,23,25). The number of aromatic nitrogens is 2. The second-order valence-electron chi connectivity index (χ2n) is 5.83. The number of nitrogens with zero attached hydrogens (tertiary/aromatic N) is 2. The molecule has 6 heteroatoms. The maximum atomic E-state index is 12.6. The molecule has 1 N–H and O–H groups in total. The van der Waals surface area contributed by atoms with Crippen molar-refractivity contribution in [3.8, 4) is 0 Å². The minimum absolute atomic E-state index is 0.275. The second-order valence-corrected chi connectivity index (χ2v) is 6.95. The molecule has 0 atom stereocenters. The van der Waals surface area contributed by atoms with Crippen molar-refractivity contribution in [1.82, 2.24) is 9.78 Å². The van der Waals surface area contributed by atoms with E-state index < -0.39 is 0 Å². The summed E-state index contributed by atoms with van der Waals surface area (Å²) in [5.41, 5.74) is 0.751. The predicted molar refractivity (Wildman–Crippen MR) is 105 cm³/mol. The van der Waals surface area contributed by atoms with E-state index in [-0.39, 0.29) is 11.7 Å². The van der Waals surface area contributed by atoms with Gasteiger partial charge in [-0.25, -0.2) is 0 Å². The van der Waals surface area contributed by atoms with Crippen LogP contribution >= 0.6 is 11.8 Å². The van der Waals surface area contributed by atoms with Gasteiger partial charge in [0.1, 0.15) is 5.76 Å². The average Bonchev–Trinajstić information content (AvgIpc) is 3.37. The summed E-state index contributed by atoms with van der Waals surface area (Å²) in [6.45, 7) is 0.487. The highest BCUT2D eigenvalue weighted by Crippen LogP contribution is 2.33. The van der Waals surface area contributed by atoms with E-state index in [9.17, 15) is 4.79 Å². The van der Waals surface area contributed by atoms with Gasteiger partial charge in [0.15, 0.2) is 5.76 Å². The molecule has 0 fully saturated rings. The summed E-state index contributed by atoms with van der Waals surface area (Å²) in [5, 5.41) is 7.08. The normalized spacial score (nSPS) is 10.7. The van der Waals surface area contributed by atoms with Crippen molar-refractivity contribution in [3.05, 3.63) is 96.7 Å². The number of carbonyl (C=O) groups excluding carboxylic acids is 1. The molecule has 134 valence electrons. The van der Waals surface area contributed by atoms with Crippen LogP contribution in [0.3, 0.4) is 0 Å². The van der Waals surface area contributed by atoms with Gasteiger partial charge in [-0.2, -0.15) is 5.10 Å². The quantitative estimate of drug-likeness (QED) is 0.519. The molecule has 0 aliphatic heterocycles. The summed E-state index contributed by atoms with van der Waals surface area (Å²) >= 11 is 1.60. The molecule has 2 aromatic carbocycles. The molecular weight excluding hydrogens is 358 g/mol. The molecule has 27 heavy (non-hydrogen) atoms. The van der Waals surface area contributed by atoms with Crippen LogP contribution in [0.5, 0.6) is 0 Å². The van der Waals surface area contributed by atoms with Crippen LogP contribution in [0.1, 0.15) is 16.3 Å². The molecule has 5 nitrogen and oxygen atoms in total. The Morgan fingerprint density at radius 3 is 2.63 bits per heavy atom. The lowest BCUT2D eigenvalue weighted by Gasteiger charge is -2.10. The fraction of sp³-hybridized carbons (Fsp3) is 0.0476. The molecule has 0 saturated carbocycles. The van der Waals surface area contributed by atoms with Crippen LogP contribution in [0.25, 0.3) is 0 Å². The molecule has 1 amide bonds. The average molecular weight is 375 g/mol. The second kappa shape index (κ2) is 7.97. The van der Waals surface area contributed by atoms with Gasteiger partial charge in [0.2, 0.25) is 0 Å². The van der Waals surface area contributed by atoms with Crippen LogP contribution in [0.4, 0.5) is 5.69 Å². The van der Waals surface area contributed by atoms with Gasteiger partial charge in [0.05, 0.1) is 12.2 Å². The number of carbonyl (C=O) groups is 1. The van der Waals surface area contributed by atoms with Crippen LogP contribution in [0.2, 0.25) is 0 Å². The molecule has 0 aliphatic rings. The van der Waals surface area contributed by atoms with Gasteiger partial charge in [-0.1, -0.05) is 42.1 Å². The highest BCUT2D eigenvalue weighted by molar-refractivity contribution is 7.99. The summed E-state index contributed by atoms with van der Waals surface area (Å²) in [5.74, 6) is 0.676. The summed E-state index contributed by atoms with van der Waals surface area (Å²) < 4.78 is 7.41. The summed E-state index contributed by atoms with van der Waals surface area (Å²) in [6, 6.07) is 23.1. The third-order valence-electron chi connectivity index (χ3n) is 3.87. The van der Waals surface area contributed by atoms with E-state index in [0.717, 1.165) is 15.5 Å². The first-order valence-corrected chi connectivity index (χ1v) is 9.29. The molecular formula is C21H17N3O2S. The van der Waals surface area contributed by atoms with E-state index in [2.05, 4.69) is 10.4 Å². The predicted octanol–water partition coefficient (Wildman–Crippen LogP) is 4.93. The highest BCUT2D eigenvalue weighted by atomic mass is 32.2. The van der Waals surface area contributed by atoms with Gasteiger partial charge >= 0.3 is 0 Å². The van der Waals surface area contributed by atoms with Crippen molar-refractivity contribution >= 4 is 23.4 Å². The van der Waals surface area contributed by atoms with Gasteiger partial charge in [0, 0.05) is 22.2 Å². The Morgan fingerprint density at radius 1 is 1.00 bits per heavy atom. The number of anilines is 1. The number of para-hydroxylation sites is 1. The zero-order valence-electron chi connectivity index (χ0n) is 14.4. The molecule has 0 bridgehead atoms. The number of nitrogens with one attached hydrogen (secondary N) is 1. The van der Waals surface area contributed by atoms with Gasteiger partial charge in [0.25, 0.3) is 5.91 Å². The zero-order chi connectivity index (χ0) is 18.5. The summed E-state index contributed by atoms with van der Waals surface area (Å²) in [7, 11) is 0. The third kappa shape index (κ3) is 4.30. The Labute approximate surface area is 161 Å². The first-order chi connectivity index (χ1) is 13.3. The Hall–Kier alpha value is -3.25. The molecule has 4 rings (SSSR count). The number of hydrogen-bond acceptors (Lipinski definition) is 4. The third-order valence-corrected chi connectivity index (χ3v) is 4.95. The first-order valence-electron chi connectivity index (χ1n) is 8.47. The van der Waals surface area contributed by atoms with E-state index in [4.69, 9.17) is 4.42 Å². The van der Waals surface area contributed by atoms with Gasteiger partial charge in [-0.05, 0) is 42.5 Å². The Balaban J connectivity index is 1.48. The summed E-state index contributed by atoms with van der Waals surface area (Å²) in [4.78, 5) is 14.7. The monoisotopic (exact) mass is 375 g/mol. The zero-order valence-corrected chi connectivity index (χ0v) is 15.2. The fourth-order valence-electron chi connectivity index (χ4n) is 2.60. The van der Waals surface area contributed by atoms with Crippen LogP contribution in [-0.4, -0.2) is 15.7 Å². The Kier molecular flexibility index (Phi) is 5.07. The molecule has 0 radical (unpaired) electrons. The minimum atomic E-state index is -0.275. The first kappa shape index (κ1) is 17.2. The molecule has 0 spiro atoms. The molecule has 0 saturated heterocycles. The molecule has 0 unspecified atom stereocenters. The fourth-order valence-corrected chi connectivity index (χ4v) is 3.52. The number of amides is 1. The SMILES string of the molecule is O=C(Nc1ccccc1Sc1ccccc1)c1ccc(Cn2cccn2)o1. The molecule has 4 aromatic rings. The number of furan rings is 1. The highest BCUT2D eigenvalue weighted by Gasteiger charge is 2.14.